The standard InChI is InChI=1S/C20H19ClN2O3S/c1-2-10-27(24,25)20-22-12-16(13-23-20)18-11-17(21)8-9-19(18)26-14-15-6-4-3-5-7-15/h3-9,11-13H,2,10,14H2,1H3. The van der Waals surface area contributed by atoms with Crippen molar-refractivity contribution < 1.29 is 13.2 Å². The number of rotatable bonds is 7. The average molecular weight is 403 g/mol. The zero-order chi connectivity index (χ0) is 19.3. The Kier molecular flexibility index (Phi) is 6.08. The van der Waals surface area contributed by atoms with Crippen molar-refractivity contribution in [3.63, 3.8) is 0 Å². The Balaban J connectivity index is 1.88. The third-order valence-electron chi connectivity index (χ3n) is 3.87. The number of benzene rings is 2. The van der Waals surface area contributed by atoms with Gasteiger partial charge in [-0.15, -0.1) is 0 Å². The van der Waals surface area contributed by atoms with Gasteiger partial charge in [0.15, 0.2) is 0 Å². The second kappa shape index (κ2) is 8.50. The highest BCUT2D eigenvalue weighted by Crippen LogP contribution is 2.32. The molecule has 0 N–H and O–H groups in total. The molecule has 0 atom stereocenters. The van der Waals surface area contributed by atoms with Crippen LogP contribution >= 0.6 is 11.6 Å². The van der Waals surface area contributed by atoms with Crippen molar-refractivity contribution in [1.82, 2.24) is 9.97 Å². The molecule has 0 saturated heterocycles. The van der Waals surface area contributed by atoms with Crippen LogP contribution in [0.15, 0.2) is 66.1 Å². The van der Waals surface area contributed by atoms with Crippen molar-refractivity contribution >= 4 is 21.4 Å². The molecule has 0 unspecified atom stereocenters. The van der Waals surface area contributed by atoms with Crippen LogP contribution in [0, 0.1) is 0 Å². The molecule has 0 aliphatic rings. The molecule has 1 aromatic heterocycles. The molecule has 2 aromatic carbocycles. The number of hydrogen-bond acceptors (Lipinski definition) is 5. The van der Waals surface area contributed by atoms with Crippen LogP contribution in [0.2, 0.25) is 5.02 Å². The van der Waals surface area contributed by atoms with Crippen LogP contribution in [-0.2, 0) is 16.4 Å². The van der Waals surface area contributed by atoms with E-state index in [2.05, 4.69) is 9.97 Å². The SMILES string of the molecule is CCCS(=O)(=O)c1ncc(-c2cc(Cl)ccc2OCc2ccccc2)cn1. The number of sulfone groups is 1. The van der Waals surface area contributed by atoms with Crippen LogP contribution in [-0.4, -0.2) is 24.1 Å². The van der Waals surface area contributed by atoms with Gasteiger partial charge in [0, 0.05) is 28.5 Å². The number of hydrogen-bond donors (Lipinski definition) is 0. The Morgan fingerprint density at radius 2 is 1.74 bits per heavy atom. The molecule has 0 radical (unpaired) electrons. The molecule has 3 rings (SSSR count). The largest absolute Gasteiger partial charge is 0.488 e. The second-order valence-electron chi connectivity index (χ2n) is 5.99. The maximum atomic E-state index is 12.1. The fourth-order valence-corrected chi connectivity index (χ4v) is 3.88. The maximum Gasteiger partial charge on any atom is 0.247 e. The fraction of sp³-hybridized carbons (Fsp3) is 0.200. The summed E-state index contributed by atoms with van der Waals surface area (Å²) in [7, 11) is -3.45. The summed E-state index contributed by atoms with van der Waals surface area (Å²) in [6.45, 7) is 2.20. The van der Waals surface area contributed by atoms with Gasteiger partial charge in [0.05, 0.1) is 5.75 Å². The zero-order valence-electron chi connectivity index (χ0n) is 14.8. The van der Waals surface area contributed by atoms with Crippen LogP contribution < -0.4 is 4.74 Å². The molecule has 0 saturated carbocycles. The summed E-state index contributed by atoms with van der Waals surface area (Å²) >= 11 is 6.14. The first-order chi connectivity index (χ1) is 13.0. The van der Waals surface area contributed by atoms with E-state index in [-0.39, 0.29) is 10.9 Å². The molecule has 0 fully saturated rings. The topological polar surface area (TPSA) is 69.2 Å². The zero-order valence-corrected chi connectivity index (χ0v) is 16.4. The first-order valence-corrected chi connectivity index (χ1v) is 10.5. The monoisotopic (exact) mass is 402 g/mol. The molecular weight excluding hydrogens is 384 g/mol. The minimum absolute atomic E-state index is 0.0228. The van der Waals surface area contributed by atoms with Crippen molar-refractivity contribution in [1.29, 1.82) is 0 Å². The van der Waals surface area contributed by atoms with Gasteiger partial charge in [-0.2, -0.15) is 0 Å². The maximum absolute atomic E-state index is 12.1. The van der Waals surface area contributed by atoms with Gasteiger partial charge in [-0.25, -0.2) is 18.4 Å². The molecule has 0 spiro atoms. The van der Waals surface area contributed by atoms with E-state index in [1.165, 1.54) is 12.4 Å². The summed E-state index contributed by atoms with van der Waals surface area (Å²) in [4.78, 5) is 8.07. The molecule has 5 nitrogen and oxygen atoms in total. The predicted octanol–water partition coefficient (Wildman–Crippen LogP) is 4.56. The number of aromatic nitrogens is 2. The van der Waals surface area contributed by atoms with Crippen molar-refractivity contribution in [2.75, 3.05) is 5.75 Å². The van der Waals surface area contributed by atoms with Crippen LogP contribution in [0.5, 0.6) is 5.75 Å². The van der Waals surface area contributed by atoms with E-state index in [4.69, 9.17) is 16.3 Å². The van der Waals surface area contributed by atoms with Gasteiger partial charge >= 0.3 is 0 Å². The number of nitrogens with zero attached hydrogens (tertiary/aromatic N) is 2. The van der Waals surface area contributed by atoms with Gasteiger partial charge in [-0.1, -0.05) is 48.9 Å². The normalized spacial score (nSPS) is 11.3. The number of ether oxygens (including phenoxy) is 1. The van der Waals surface area contributed by atoms with Gasteiger partial charge < -0.3 is 4.74 Å². The quantitative estimate of drug-likeness (QED) is 0.542. The molecule has 0 aliphatic heterocycles. The lowest BCUT2D eigenvalue weighted by atomic mass is 10.1. The summed E-state index contributed by atoms with van der Waals surface area (Å²) in [6, 6.07) is 15.1. The number of halogens is 1. The minimum Gasteiger partial charge on any atom is -0.488 e. The lowest BCUT2D eigenvalue weighted by molar-refractivity contribution is 0.307. The molecule has 0 amide bonds. The smallest absolute Gasteiger partial charge is 0.247 e. The molecule has 3 aromatic rings. The fourth-order valence-electron chi connectivity index (χ4n) is 2.56. The molecular formula is C20H19ClN2O3S. The Hall–Kier alpha value is -2.44. The average Bonchev–Trinajstić information content (AvgIpc) is 2.68. The van der Waals surface area contributed by atoms with E-state index < -0.39 is 9.84 Å². The van der Waals surface area contributed by atoms with Crippen LogP contribution in [0.4, 0.5) is 0 Å². The molecule has 7 heteroatoms. The van der Waals surface area contributed by atoms with E-state index in [0.29, 0.717) is 34.9 Å². The van der Waals surface area contributed by atoms with Crippen molar-refractivity contribution in [2.24, 2.45) is 0 Å². The van der Waals surface area contributed by atoms with Gasteiger partial charge in [0.1, 0.15) is 12.4 Å². The highest BCUT2D eigenvalue weighted by Gasteiger charge is 2.17. The first kappa shape index (κ1) is 19.3. The van der Waals surface area contributed by atoms with E-state index >= 15 is 0 Å². The van der Waals surface area contributed by atoms with E-state index in [1.54, 1.807) is 25.1 Å². The van der Waals surface area contributed by atoms with Gasteiger partial charge in [0.25, 0.3) is 0 Å². The Labute approximate surface area is 163 Å². The molecule has 140 valence electrons. The van der Waals surface area contributed by atoms with E-state index in [1.807, 2.05) is 30.3 Å². The van der Waals surface area contributed by atoms with Crippen LogP contribution in [0.25, 0.3) is 11.1 Å². The van der Waals surface area contributed by atoms with Gasteiger partial charge in [-0.05, 0) is 30.2 Å². The highest BCUT2D eigenvalue weighted by atomic mass is 35.5. The van der Waals surface area contributed by atoms with Crippen molar-refractivity contribution in [2.45, 2.75) is 25.1 Å². The van der Waals surface area contributed by atoms with Crippen molar-refractivity contribution in [3.8, 4) is 16.9 Å². The Morgan fingerprint density at radius 3 is 2.41 bits per heavy atom. The summed E-state index contributed by atoms with van der Waals surface area (Å²) in [5.74, 6) is 0.644. The highest BCUT2D eigenvalue weighted by molar-refractivity contribution is 7.91. The molecule has 0 aliphatic carbocycles. The Bertz CT molecular complexity index is 1010. The predicted molar refractivity (Wildman–Crippen MR) is 106 cm³/mol. The van der Waals surface area contributed by atoms with E-state index in [9.17, 15) is 8.42 Å². The van der Waals surface area contributed by atoms with E-state index in [0.717, 1.165) is 5.56 Å². The summed E-state index contributed by atoms with van der Waals surface area (Å²) in [5.41, 5.74) is 2.38. The van der Waals surface area contributed by atoms with Crippen molar-refractivity contribution in [3.05, 3.63) is 71.5 Å². The lowest BCUT2D eigenvalue weighted by Gasteiger charge is -2.12. The summed E-state index contributed by atoms with van der Waals surface area (Å²) in [5, 5.41) is 0.377. The van der Waals surface area contributed by atoms with Gasteiger partial charge in [-0.3, -0.25) is 0 Å². The van der Waals surface area contributed by atoms with Crippen LogP contribution in [0.1, 0.15) is 18.9 Å². The van der Waals surface area contributed by atoms with Gasteiger partial charge in [0.2, 0.25) is 15.0 Å². The molecule has 0 bridgehead atoms. The first-order valence-electron chi connectivity index (χ1n) is 8.51. The third kappa shape index (κ3) is 4.84. The Morgan fingerprint density at radius 1 is 1.04 bits per heavy atom. The minimum atomic E-state index is -3.45. The summed E-state index contributed by atoms with van der Waals surface area (Å²) < 4.78 is 30.1. The summed E-state index contributed by atoms with van der Waals surface area (Å²) in [6.07, 6.45) is 3.48. The molecule has 27 heavy (non-hydrogen) atoms. The molecule has 1 heterocycles. The second-order valence-corrected chi connectivity index (χ2v) is 8.43. The lowest BCUT2D eigenvalue weighted by Crippen LogP contribution is -2.10. The third-order valence-corrected chi connectivity index (χ3v) is 5.82. The van der Waals surface area contributed by atoms with Crippen LogP contribution in [0.3, 0.4) is 0 Å².